The largest absolute Gasteiger partial charge is 0.355 e. The number of hydrogen-bond acceptors (Lipinski definition) is 2. The van der Waals surface area contributed by atoms with Gasteiger partial charge in [-0.3, -0.25) is 4.79 Å². The maximum atomic E-state index is 11.9. The van der Waals surface area contributed by atoms with E-state index in [1.807, 2.05) is 31.2 Å². The molecule has 0 unspecified atom stereocenters. The fourth-order valence-corrected chi connectivity index (χ4v) is 2.33. The van der Waals surface area contributed by atoms with Gasteiger partial charge in [0, 0.05) is 6.54 Å². The number of aryl methyl sites for hydroxylation is 1. The van der Waals surface area contributed by atoms with Crippen molar-refractivity contribution >= 4 is 5.91 Å². The van der Waals surface area contributed by atoms with Crippen LogP contribution in [0, 0.1) is 12.3 Å². The van der Waals surface area contributed by atoms with Gasteiger partial charge in [-0.2, -0.15) is 0 Å². The minimum Gasteiger partial charge on any atom is -0.355 e. The Morgan fingerprint density at radius 2 is 2.11 bits per heavy atom. The minimum atomic E-state index is 0.118. The molecular weight excluding hydrogens is 224 g/mol. The highest BCUT2D eigenvalue weighted by molar-refractivity contribution is 5.79. The first-order valence-corrected chi connectivity index (χ1v) is 6.66. The van der Waals surface area contributed by atoms with Gasteiger partial charge in [-0.25, -0.2) is 0 Å². The molecule has 1 aromatic carbocycles. The first-order valence-electron chi connectivity index (χ1n) is 6.66. The number of carbonyl (C=O) groups is 1. The second-order valence-corrected chi connectivity index (χ2v) is 5.42. The van der Waals surface area contributed by atoms with E-state index in [0.29, 0.717) is 18.4 Å². The Morgan fingerprint density at radius 1 is 1.39 bits per heavy atom. The van der Waals surface area contributed by atoms with E-state index in [-0.39, 0.29) is 5.91 Å². The molecule has 0 bridgehead atoms. The molecule has 0 spiro atoms. The molecular formula is C15H22N2O. The fourth-order valence-electron chi connectivity index (χ4n) is 2.33. The normalized spacial score (nSPS) is 16.3. The molecule has 1 aliphatic carbocycles. The van der Waals surface area contributed by atoms with Crippen LogP contribution in [-0.2, 0) is 11.2 Å². The summed E-state index contributed by atoms with van der Waals surface area (Å²) in [5.41, 5.74) is 8.19. The van der Waals surface area contributed by atoms with Crippen molar-refractivity contribution in [1.29, 1.82) is 0 Å². The summed E-state index contributed by atoms with van der Waals surface area (Å²) in [5, 5.41) is 3.05. The van der Waals surface area contributed by atoms with Gasteiger partial charge >= 0.3 is 0 Å². The summed E-state index contributed by atoms with van der Waals surface area (Å²) in [4.78, 5) is 11.9. The lowest BCUT2D eigenvalue weighted by molar-refractivity contribution is -0.120. The average Bonchev–Trinajstić information content (AvgIpc) is 3.11. The van der Waals surface area contributed by atoms with Crippen molar-refractivity contribution < 1.29 is 4.79 Å². The Kier molecular flexibility index (Phi) is 4.02. The third-order valence-electron chi connectivity index (χ3n) is 3.90. The molecule has 1 amide bonds. The van der Waals surface area contributed by atoms with Crippen molar-refractivity contribution in [3.05, 3.63) is 35.4 Å². The second-order valence-electron chi connectivity index (χ2n) is 5.42. The lowest BCUT2D eigenvalue weighted by Gasteiger charge is -2.15. The molecule has 1 aromatic rings. The molecule has 0 atom stereocenters. The number of hydrogen-bond donors (Lipinski definition) is 2. The van der Waals surface area contributed by atoms with E-state index >= 15 is 0 Å². The fraction of sp³-hybridized carbons (Fsp3) is 0.533. The Morgan fingerprint density at radius 3 is 2.72 bits per heavy atom. The first kappa shape index (κ1) is 13.1. The molecule has 98 valence electrons. The van der Waals surface area contributed by atoms with E-state index in [1.54, 1.807) is 0 Å². The van der Waals surface area contributed by atoms with Crippen molar-refractivity contribution in [3.8, 4) is 0 Å². The highest BCUT2D eigenvalue weighted by Gasteiger charge is 2.41. The second kappa shape index (κ2) is 5.53. The van der Waals surface area contributed by atoms with Crippen molar-refractivity contribution in [2.75, 3.05) is 13.1 Å². The molecule has 1 aliphatic rings. The van der Waals surface area contributed by atoms with Crippen molar-refractivity contribution in [3.63, 3.8) is 0 Å². The number of nitrogens with one attached hydrogen (secondary N) is 1. The topological polar surface area (TPSA) is 55.1 Å². The Labute approximate surface area is 109 Å². The van der Waals surface area contributed by atoms with Crippen LogP contribution in [0.2, 0.25) is 0 Å². The summed E-state index contributed by atoms with van der Waals surface area (Å²) < 4.78 is 0. The van der Waals surface area contributed by atoms with E-state index in [2.05, 4.69) is 5.32 Å². The molecule has 3 N–H and O–H groups in total. The molecule has 0 aromatic heterocycles. The van der Waals surface area contributed by atoms with Gasteiger partial charge in [0.05, 0.1) is 6.42 Å². The van der Waals surface area contributed by atoms with Gasteiger partial charge in [-0.05, 0) is 49.3 Å². The Balaban J connectivity index is 1.81. The van der Waals surface area contributed by atoms with Crippen LogP contribution in [0.4, 0.5) is 0 Å². The molecule has 0 heterocycles. The molecule has 0 aliphatic heterocycles. The predicted molar refractivity (Wildman–Crippen MR) is 73.2 cm³/mol. The van der Waals surface area contributed by atoms with Gasteiger partial charge < -0.3 is 11.1 Å². The van der Waals surface area contributed by atoms with E-state index < -0.39 is 0 Å². The maximum absolute atomic E-state index is 11.9. The first-order chi connectivity index (χ1) is 8.65. The van der Waals surface area contributed by atoms with E-state index in [9.17, 15) is 4.79 Å². The van der Waals surface area contributed by atoms with Crippen LogP contribution in [0.25, 0.3) is 0 Å². The number of benzene rings is 1. The summed E-state index contributed by atoms with van der Waals surface area (Å²) in [6.45, 7) is 3.54. The summed E-state index contributed by atoms with van der Waals surface area (Å²) in [6, 6.07) is 8.03. The number of carbonyl (C=O) groups excluding carboxylic acids is 1. The highest BCUT2D eigenvalue weighted by atomic mass is 16.1. The van der Waals surface area contributed by atoms with Crippen molar-refractivity contribution in [2.45, 2.75) is 32.6 Å². The zero-order valence-electron chi connectivity index (χ0n) is 11.0. The zero-order chi connectivity index (χ0) is 13.0. The third-order valence-corrected chi connectivity index (χ3v) is 3.90. The van der Waals surface area contributed by atoms with Gasteiger partial charge in [-0.1, -0.05) is 24.3 Å². The summed E-state index contributed by atoms with van der Waals surface area (Å²) >= 11 is 0. The minimum absolute atomic E-state index is 0.118. The molecule has 1 fully saturated rings. The summed E-state index contributed by atoms with van der Waals surface area (Å²) in [7, 11) is 0. The van der Waals surface area contributed by atoms with Crippen molar-refractivity contribution in [2.24, 2.45) is 11.1 Å². The monoisotopic (exact) mass is 246 g/mol. The summed E-state index contributed by atoms with van der Waals surface area (Å²) in [6.07, 6.45) is 3.91. The lowest BCUT2D eigenvalue weighted by atomic mass is 10.0. The molecule has 1 saturated carbocycles. The van der Waals surface area contributed by atoms with Crippen LogP contribution in [0.15, 0.2) is 24.3 Å². The van der Waals surface area contributed by atoms with Gasteiger partial charge in [0.15, 0.2) is 0 Å². The molecule has 3 nitrogen and oxygen atoms in total. The standard InChI is InChI=1S/C15H22N2O/c1-12-4-2-3-5-13(12)10-14(18)17-11-15(6-7-15)8-9-16/h2-5H,6-11,16H2,1H3,(H,17,18). The van der Waals surface area contributed by atoms with Gasteiger partial charge in [-0.15, -0.1) is 0 Å². The van der Waals surface area contributed by atoms with Crippen LogP contribution < -0.4 is 11.1 Å². The number of nitrogens with two attached hydrogens (primary N) is 1. The quantitative estimate of drug-likeness (QED) is 0.804. The van der Waals surface area contributed by atoms with Crippen LogP contribution in [-0.4, -0.2) is 19.0 Å². The smallest absolute Gasteiger partial charge is 0.224 e. The average molecular weight is 246 g/mol. The van der Waals surface area contributed by atoms with Crippen molar-refractivity contribution in [1.82, 2.24) is 5.32 Å². The number of amides is 1. The Hall–Kier alpha value is -1.35. The maximum Gasteiger partial charge on any atom is 0.224 e. The van der Waals surface area contributed by atoms with E-state index in [4.69, 9.17) is 5.73 Å². The summed E-state index contributed by atoms with van der Waals surface area (Å²) in [5.74, 6) is 0.118. The van der Waals surface area contributed by atoms with Crippen LogP contribution in [0.3, 0.4) is 0 Å². The molecule has 2 rings (SSSR count). The van der Waals surface area contributed by atoms with E-state index in [0.717, 1.165) is 18.5 Å². The SMILES string of the molecule is Cc1ccccc1CC(=O)NCC1(CCN)CC1. The molecule has 0 saturated heterocycles. The Bertz CT molecular complexity index is 424. The lowest BCUT2D eigenvalue weighted by Crippen LogP contribution is -2.32. The van der Waals surface area contributed by atoms with Gasteiger partial charge in [0.25, 0.3) is 0 Å². The zero-order valence-corrected chi connectivity index (χ0v) is 11.0. The van der Waals surface area contributed by atoms with Crippen LogP contribution >= 0.6 is 0 Å². The molecule has 18 heavy (non-hydrogen) atoms. The van der Waals surface area contributed by atoms with Crippen LogP contribution in [0.5, 0.6) is 0 Å². The van der Waals surface area contributed by atoms with E-state index in [1.165, 1.54) is 18.4 Å². The molecule has 3 heteroatoms. The molecule has 0 radical (unpaired) electrons. The van der Waals surface area contributed by atoms with Gasteiger partial charge in [0.2, 0.25) is 5.91 Å². The number of rotatable bonds is 6. The van der Waals surface area contributed by atoms with Gasteiger partial charge in [0.1, 0.15) is 0 Å². The van der Waals surface area contributed by atoms with Crippen LogP contribution in [0.1, 0.15) is 30.4 Å². The predicted octanol–water partition coefficient (Wildman–Crippen LogP) is 1.78. The highest BCUT2D eigenvalue weighted by Crippen LogP contribution is 2.47. The third kappa shape index (κ3) is 3.33.